The van der Waals surface area contributed by atoms with Crippen molar-refractivity contribution >= 4 is 34.1 Å². The Morgan fingerprint density at radius 1 is 1.23 bits per heavy atom. The molecule has 0 saturated carbocycles. The van der Waals surface area contributed by atoms with Crippen LogP contribution in [-0.4, -0.2) is 38.5 Å². The van der Waals surface area contributed by atoms with E-state index >= 15 is 0 Å². The van der Waals surface area contributed by atoms with Crippen molar-refractivity contribution in [2.75, 3.05) is 38.7 Å². The van der Waals surface area contributed by atoms with E-state index in [1.54, 1.807) is 7.11 Å². The van der Waals surface area contributed by atoms with Crippen molar-refractivity contribution in [1.82, 2.24) is 10.6 Å². The summed E-state index contributed by atoms with van der Waals surface area (Å²) in [4.78, 5) is 3.31. The van der Waals surface area contributed by atoms with Gasteiger partial charge in [0.2, 0.25) is 0 Å². The number of aryl methyl sites for hydroxylation is 1. The number of pyridine rings is 1. The van der Waals surface area contributed by atoms with Gasteiger partial charge in [0.15, 0.2) is 5.11 Å². The standard InChI is InChI=1S/C19H25N5OS/c1-3-14-5-6-17-15(11-14)12-16(13-20)18(24-17)21-8-9-23-19(26)22-7-4-10-25-2/h5-6,11-12H,3-4,7-10H2,1-2H3,(H,21,24)(H2,22,23,26)/p+1. The molecule has 1 aromatic heterocycles. The first-order valence-electron chi connectivity index (χ1n) is 8.81. The second-order valence-corrected chi connectivity index (χ2v) is 6.31. The Hall–Kier alpha value is -2.43. The zero-order chi connectivity index (χ0) is 18.8. The van der Waals surface area contributed by atoms with Crippen LogP contribution < -0.4 is 20.9 Å². The highest BCUT2D eigenvalue weighted by molar-refractivity contribution is 7.80. The average molecular weight is 373 g/mol. The number of aromatic nitrogens is 1. The first kappa shape index (κ1) is 19.9. The van der Waals surface area contributed by atoms with Gasteiger partial charge in [0, 0.05) is 25.6 Å². The van der Waals surface area contributed by atoms with Gasteiger partial charge in [-0.2, -0.15) is 5.26 Å². The molecule has 2 rings (SSSR count). The van der Waals surface area contributed by atoms with Gasteiger partial charge >= 0.3 is 0 Å². The molecule has 0 radical (unpaired) electrons. The van der Waals surface area contributed by atoms with Crippen molar-refractivity contribution in [2.24, 2.45) is 0 Å². The van der Waals surface area contributed by atoms with Crippen LogP contribution in [0.1, 0.15) is 24.5 Å². The van der Waals surface area contributed by atoms with Gasteiger partial charge in [0.25, 0.3) is 5.82 Å². The predicted octanol–water partition coefficient (Wildman–Crippen LogP) is 2.00. The monoisotopic (exact) mass is 372 g/mol. The molecule has 4 N–H and O–H groups in total. The number of anilines is 1. The fourth-order valence-corrected chi connectivity index (χ4v) is 2.77. The van der Waals surface area contributed by atoms with Crippen LogP contribution in [0.2, 0.25) is 0 Å². The Labute approximate surface area is 159 Å². The second-order valence-electron chi connectivity index (χ2n) is 5.90. The van der Waals surface area contributed by atoms with Gasteiger partial charge in [-0.25, -0.2) is 4.98 Å². The minimum atomic E-state index is 0.603. The minimum Gasteiger partial charge on any atom is -0.385 e. The number of nitriles is 1. The fourth-order valence-electron chi connectivity index (χ4n) is 2.57. The van der Waals surface area contributed by atoms with Crippen LogP contribution in [0.4, 0.5) is 5.82 Å². The smallest absolute Gasteiger partial charge is 0.290 e. The van der Waals surface area contributed by atoms with E-state index in [2.05, 4.69) is 52.1 Å². The minimum absolute atomic E-state index is 0.603. The molecule has 26 heavy (non-hydrogen) atoms. The van der Waals surface area contributed by atoms with Crippen LogP contribution in [0, 0.1) is 11.3 Å². The van der Waals surface area contributed by atoms with Gasteiger partial charge in [0.05, 0.1) is 6.54 Å². The van der Waals surface area contributed by atoms with Crippen molar-refractivity contribution in [3.05, 3.63) is 35.4 Å². The van der Waals surface area contributed by atoms with Gasteiger partial charge in [-0.3, -0.25) is 5.32 Å². The molecular formula is C19H26N5OS+. The number of thiocarbonyl (C=S) groups is 1. The number of fused-ring (bicyclic) bond motifs is 1. The largest absolute Gasteiger partial charge is 0.385 e. The highest BCUT2D eigenvalue weighted by Crippen LogP contribution is 2.18. The Morgan fingerprint density at radius 2 is 2.04 bits per heavy atom. The van der Waals surface area contributed by atoms with E-state index in [4.69, 9.17) is 17.0 Å². The SMILES string of the molecule is CCc1ccc2[nH+]c(NCCNC(=S)NCCCOC)c(C#N)cc2c1. The summed E-state index contributed by atoms with van der Waals surface area (Å²) in [5.74, 6) is 0.727. The number of ether oxygens (including phenoxy) is 1. The normalized spacial score (nSPS) is 10.3. The Morgan fingerprint density at radius 3 is 2.77 bits per heavy atom. The molecule has 1 aromatic carbocycles. The first-order valence-corrected chi connectivity index (χ1v) is 9.22. The Kier molecular flexibility index (Phi) is 8.06. The number of nitrogens with zero attached hydrogens (tertiary/aromatic N) is 1. The number of hydrogen-bond acceptors (Lipinski definition) is 4. The molecule has 0 aliphatic rings. The average Bonchev–Trinajstić information content (AvgIpc) is 2.67. The number of H-pyrrole nitrogens is 1. The number of benzene rings is 1. The van der Waals surface area contributed by atoms with Gasteiger partial charge in [0.1, 0.15) is 23.7 Å². The van der Waals surface area contributed by atoms with E-state index in [1.807, 2.05) is 6.07 Å². The molecule has 0 spiro atoms. The third kappa shape index (κ3) is 5.83. The number of methoxy groups -OCH3 is 1. The van der Waals surface area contributed by atoms with Crippen molar-refractivity contribution in [2.45, 2.75) is 19.8 Å². The molecule has 138 valence electrons. The first-order chi connectivity index (χ1) is 12.7. The van der Waals surface area contributed by atoms with E-state index < -0.39 is 0 Å². The second kappa shape index (κ2) is 10.5. The summed E-state index contributed by atoms with van der Waals surface area (Å²) in [6.07, 6.45) is 1.89. The summed E-state index contributed by atoms with van der Waals surface area (Å²) in [6.45, 7) is 4.91. The van der Waals surface area contributed by atoms with Crippen LogP contribution >= 0.6 is 12.2 Å². The van der Waals surface area contributed by atoms with Crippen LogP contribution in [0.5, 0.6) is 0 Å². The van der Waals surface area contributed by atoms with Crippen molar-refractivity contribution < 1.29 is 9.72 Å². The van der Waals surface area contributed by atoms with E-state index in [0.717, 1.165) is 36.1 Å². The van der Waals surface area contributed by atoms with Gasteiger partial charge < -0.3 is 15.4 Å². The highest BCUT2D eigenvalue weighted by atomic mass is 32.1. The number of rotatable bonds is 9. The molecule has 2 aromatic rings. The summed E-state index contributed by atoms with van der Waals surface area (Å²) < 4.78 is 4.99. The topological polar surface area (TPSA) is 83.2 Å². The summed E-state index contributed by atoms with van der Waals surface area (Å²) >= 11 is 5.22. The number of aromatic amines is 1. The van der Waals surface area contributed by atoms with E-state index in [1.165, 1.54) is 5.56 Å². The molecular weight excluding hydrogens is 346 g/mol. The molecule has 6 nitrogen and oxygen atoms in total. The van der Waals surface area contributed by atoms with Crippen molar-refractivity contribution in [3.63, 3.8) is 0 Å². The summed E-state index contributed by atoms with van der Waals surface area (Å²) in [5, 5.41) is 20.6. The van der Waals surface area contributed by atoms with Crippen molar-refractivity contribution in [1.29, 1.82) is 5.26 Å². The van der Waals surface area contributed by atoms with Gasteiger partial charge in [-0.05, 0) is 48.8 Å². The van der Waals surface area contributed by atoms with Crippen LogP contribution in [0.15, 0.2) is 24.3 Å². The predicted molar refractivity (Wildman–Crippen MR) is 108 cm³/mol. The summed E-state index contributed by atoms with van der Waals surface area (Å²) in [5.41, 5.74) is 2.87. The van der Waals surface area contributed by atoms with Gasteiger partial charge in [-0.15, -0.1) is 0 Å². The lowest BCUT2D eigenvalue weighted by atomic mass is 10.1. The summed E-state index contributed by atoms with van der Waals surface area (Å²) in [6, 6.07) is 10.4. The van der Waals surface area contributed by atoms with E-state index in [-0.39, 0.29) is 0 Å². The maximum Gasteiger partial charge on any atom is 0.290 e. The molecule has 0 aliphatic heterocycles. The molecule has 0 bridgehead atoms. The summed E-state index contributed by atoms with van der Waals surface area (Å²) in [7, 11) is 1.68. The lowest BCUT2D eigenvalue weighted by Gasteiger charge is -2.09. The third-order valence-electron chi connectivity index (χ3n) is 4.00. The highest BCUT2D eigenvalue weighted by Gasteiger charge is 2.12. The number of nitrogens with one attached hydrogen (secondary N) is 4. The van der Waals surface area contributed by atoms with Crippen LogP contribution in [0.25, 0.3) is 10.9 Å². The molecule has 0 fully saturated rings. The molecule has 7 heteroatoms. The van der Waals surface area contributed by atoms with E-state index in [0.29, 0.717) is 30.4 Å². The zero-order valence-electron chi connectivity index (χ0n) is 15.3. The Bertz CT molecular complexity index is 787. The lowest BCUT2D eigenvalue weighted by Crippen LogP contribution is -2.38. The molecule has 0 aliphatic carbocycles. The quantitative estimate of drug-likeness (QED) is 0.461. The van der Waals surface area contributed by atoms with Crippen LogP contribution in [-0.2, 0) is 11.2 Å². The lowest BCUT2D eigenvalue weighted by molar-refractivity contribution is -0.327. The maximum absolute atomic E-state index is 9.42. The maximum atomic E-state index is 9.42. The Balaban J connectivity index is 1.88. The molecule has 0 unspecified atom stereocenters. The van der Waals surface area contributed by atoms with Crippen molar-refractivity contribution in [3.8, 4) is 6.07 Å². The molecule has 1 heterocycles. The third-order valence-corrected chi connectivity index (χ3v) is 4.29. The molecule has 0 amide bonds. The number of hydrogen-bond donors (Lipinski definition) is 3. The van der Waals surface area contributed by atoms with Crippen LogP contribution in [0.3, 0.4) is 0 Å². The van der Waals surface area contributed by atoms with Gasteiger partial charge in [-0.1, -0.05) is 13.0 Å². The molecule has 0 saturated heterocycles. The zero-order valence-corrected chi connectivity index (χ0v) is 16.1. The van der Waals surface area contributed by atoms with E-state index in [9.17, 15) is 5.26 Å². The fraction of sp³-hybridized carbons (Fsp3) is 0.421. The molecule has 0 atom stereocenters.